The summed E-state index contributed by atoms with van der Waals surface area (Å²) in [7, 11) is 0. The molecule has 0 aromatic heterocycles. The second-order valence-electron chi connectivity index (χ2n) is 2.46. The van der Waals surface area contributed by atoms with Crippen molar-refractivity contribution in [3.63, 3.8) is 0 Å². The van der Waals surface area contributed by atoms with E-state index in [-0.39, 0.29) is 5.75 Å². The summed E-state index contributed by atoms with van der Waals surface area (Å²) in [5.41, 5.74) is 0.944. The summed E-state index contributed by atoms with van der Waals surface area (Å²) in [5, 5.41) is 8.97. The summed E-state index contributed by atoms with van der Waals surface area (Å²) >= 11 is 17.1. The Morgan fingerprint density at radius 1 is 1.08 bits per heavy atom. The van der Waals surface area contributed by atoms with Crippen molar-refractivity contribution in [3.8, 4) is 5.75 Å². The third-order valence-electron chi connectivity index (χ3n) is 1.34. The van der Waals surface area contributed by atoms with E-state index in [1.807, 2.05) is 0 Å². The zero-order valence-electron chi connectivity index (χ0n) is 6.10. The normalized spacial score (nSPS) is 11.6. The van der Waals surface area contributed by atoms with E-state index >= 15 is 0 Å². The largest absolute Gasteiger partial charge is 0.508 e. The Labute approximate surface area is 86.0 Å². The first kappa shape index (κ1) is 10.2. The molecule has 0 amide bonds. The molecule has 0 bridgehead atoms. The van der Waals surface area contributed by atoms with Crippen LogP contribution in [0.5, 0.6) is 5.75 Å². The fourth-order valence-corrected chi connectivity index (χ4v) is 2.93. The van der Waals surface area contributed by atoms with Gasteiger partial charge in [-0.25, -0.2) is 0 Å². The molecule has 1 rings (SSSR count). The van der Waals surface area contributed by atoms with E-state index in [0.29, 0.717) is 6.04 Å². The third kappa shape index (κ3) is 3.67. The molecule has 0 aliphatic rings. The maximum atomic E-state index is 8.97. The predicted molar refractivity (Wildman–Crippen MR) is 55.1 cm³/mol. The molecular formula is C7H7Cl3OSi. The first-order valence-electron chi connectivity index (χ1n) is 3.32. The van der Waals surface area contributed by atoms with E-state index in [1.54, 1.807) is 24.3 Å². The Hall–Kier alpha value is 0.107. The highest BCUT2D eigenvalue weighted by Gasteiger charge is 2.24. The quantitative estimate of drug-likeness (QED) is 0.623. The van der Waals surface area contributed by atoms with Crippen LogP contribution in [0.2, 0.25) is 0 Å². The first-order valence-corrected chi connectivity index (χ1v) is 8.56. The lowest BCUT2D eigenvalue weighted by Gasteiger charge is -2.06. The average molecular weight is 242 g/mol. The van der Waals surface area contributed by atoms with Crippen LogP contribution in [0.25, 0.3) is 0 Å². The minimum Gasteiger partial charge on any atom is -0.508 e. The van der Waals surface area contributed by atoms with E-state index < -0.39 is 6.00 Å². The summed E-state index contributed by atoms with van der Waals surface area (Å²) in [5.74, 6) is 0.227. The van der Waals surface area contributed by atoms with Crippen LogP contribution in [-0.4, -0.2) is 11.1 Å². The molecule has 1 aromatic rings. The lowest BCUT2D eigenvalue weighted by atomic mass is 10.2. The molecule has 0 aliphatic carbocycles. The van der Waals surface area contributed by atoms with E-state index in [4.69, 9.17) is 38.3 Å². The highest BCUT2D eigenvalue weighted by molar-refractivity contribution is 7.64. The molecular weight excluding hydrogens is 235 g/mol. The van der Waals surface area contributed by atoms with Gasteiger partial charge in [0.15, 0.2) is 0 Å². The van der Waals surface area contributed by atoms with Crippen molar-refractivity contribution in [2.24, 2.45) is 0 Å². The number of phenols is 1. The Morgan fingerprint density at radius 2 is 1.58 bits per heavy atom. The van der Waals surface area contributed by atoms with Crippen LogP contribution >= 0.6 is 33.2 Å². The summed E-state index contributed by atoms with van der Waals surface area (Å²) in [4.78, 5) is 0. The number of benzene rings is 1. The van der Waals surface area contributed by atoms with Crippen LogP contribution < -0.4 is 0 Å². The highest BCUT2D eigenvalue weighted by atomic mass is 35.8. The van der Waals surface area contributed by atoms with Crippen molar-refractivity contribution in [1.82, 2.24) is 0 Å². The first-order chi connectivity index (χ1) is 5.47. The zero-order valence-corrected chi connectivity index (χ0v) is 9.37. The second kappa shape index (κ2) is 3.88. The molecule has 1 N–H and O–H groups in total. The fraction of sp³-hybridized carbons (Fsp3) is 0.143. The summed E-state index contributed by atoms with van der Waals surface area (Å²) in [6.07, 6.45) is 0. The van der Waals surface area contributed by atoms with Crippen LogP contribution in [0, 0.1) is 0 Å². The van der Waals surface area contributed by atoms with Crippen molar-refractivity contribution in [2.75, 3.05) is 0 Å². The van der Waals surface area contributed by atoms with Gasteiger partial charge in [0.25, 0.3) is 0 Å². The molecule has 0 aliphatic heterocycles. The minimum absolute atomic E-state index is 0.227. The van der Waals surface area contributed by atoms with Crippen LogP contribution in [0.1, 0.15) is 5.56 Å². The van der Waals surface area contributed by atoms with Gasteiger partial charge in [0, 0.05) is 6.04 Å². The Balaban J connectivity index is 2.71. The van der Waals surface area contributed by atoms with E-state index in [2.05, 4.69) is 0 Å². The molecule has 12 heavy (non-hydrogen) atoms. The van der Waals surface area contributed by atoms with Crippen molar-refractivity contribution >= 4 is 39.2 Å². The molecule has 1 nitrogen and oxygen atoms in total. The van der Waals surface area contributed by atoms with Gasteiger partial charge in [0.2, 0.25) is 0 Å². The third-order valence-corrected chi connectivity index (χ3v) is 3.35. The molecule has 1 aromatic carbocycles. The van der Waals surface area contributed by atoms with Crippen LogP contribution in [0.4, 0.5) is 0 Å². The van der Waals surface area contributed by atoms with Gasteiger partial charge in [0.05, 0.1) is 0 Å². The number of phenolic OH excluding ortho intramolecular Hbond substituents is 1. The second-order valence-corrected chi connectivity index (χ2v) is 11.6. The lowest BCUT2D eigenvalue weighted by Crippen LogP contribution is -2.13. The number of hydrogen-bond donors (Lipinski definition) is 1. The van der Waals surface area contributed by atoms with Crippen LogP contribution in [0.3, 0.4) is 0 Å². The molecule has 5 heteroatoms. The van der Waals surface area contributed by atoms with Gasteiger partial charge in [-0.2, -0.15) is 0 Å². The maximum absolute atomic E-state index is 8.97. The summed E-state index contributed by atoms with van der Waals surface area (Å²) < 4.78 is 0. The molecule has 0 heterocycles. The van der Waals surface area contributed by atoms with Gasteiger partial charge in [-0.05, 0) is 17.7 Å². The number of hydrogen-bond acceptors (Lipinski definition) is 1. The Morgan fingerprint density at radius 3 is 2.00 bits per heavy atom. The molecule has 0 saturated carbocycles. The Bertz CT molecular complexity index is 254. The molecule has 0 saturated heterocycles. The molecule has 0 atom stereocenters. The fourth-order valence-electron chi connectivity index (χ4n) is 0.845. The predicted octanol–water partition coefficient (Wildman–Crippen LogP) is 3.13. The monoisotopic (exact) mass is 240 g/mol. The number of halogens is 3. The van der Waals surface area contributed by atoms with Crippen LogP contribution in [0.15, 0.2) is 24.3 Å². The van der Waals surface area contributed by atoms with Gasteiger partial charge in [-0.1, -0.05) is 12.1 Å². The smallest absolute Gasteiger partial charge is 0.345 e. The average Bonchev–Trinajstić information content (AvgIpc) is 1.91. The van der Waals surface area contributed by atoms with Crippen LogP contribution in [-0.2, 0) is 6.04 Å². The lowest BCUT2D eigenvalue weighted by molar-refractivity contribution is 0.475. The van der Waals surface area contributed by atoms with Crippen molar-refractivity contribution in [1.29, 1.82) is 0 Å². The maximum Gasteiger partial charge on any atom is 0.345 e. The van der Waals surface area contributed by atoms with E-state index in [9.17, 15) is 0 Å². The van der Waals surface area contributed by atoms with E-state index in [0.717, 1.165) is 5.56 Å². The molecule has 0 radical (unpaired) electrons. The van der Waals surface area contributed by atoms with Gasteiger partial charge < -0.3 is 5.11 Å². The number of aromatic hydroxyl groups is 1. The standard InChI is InChI=1S/C7H7Cl3OSi/c8-12(9,10)5-6-1-3-7(11)4-2-6/h1-4,11H,5H2. The zero-order chi connectivity index (χ0) is 9.19. The van der Waals surface area contributed by atoms with E-state index in [1.165, 1.54) is 0 Å². The van der Waals surface area contributed by atoms with Gasteiger partial charge in [0.1, 0.15) is 5.75 Å². The SMILES string of the molecule is Oc1ccc(C[Si](Cl)(Cl)Cl)cc1. The Kier molecular flexibility index (Phi) is 3.29. The topological polar surface area (TPSA) is 20.2 Å². The van der Waals surface area contributed by atoms with Gasteiger partial charge >= 0.3 is 6.00 Å². The van der Waals surface area contributed by atoms with Crippen molar-refractivity contribution in [2.45, 2.75) is 6.04 Å². The molecule has 66 valence electrons. The molecule has 0 spiro atoms. The molecule has 0 unspecified atom stereocenters. The van der Waals surface area contributed by atoms with Gasteiger partial charge in [-0.15, -0.1) is 33.2 Å². The highest BCUT2D eigenvalue weighted by Crippen LogP contribution is 2.25. The van der Waals surface area contributed by atoms with Crippen molar-refractivity contribution < 1.29 is 5.11 Å². The van der Waals surface area contributed by atoms with Crippen molar-refractivity contribution in [3.05, 3.63) is 29.8 Å². The molecule has 0 fully saturated rings. The minimum atomic E-state index is -2.58. The summed E-state index contributed by atoms with van der Waals surface area (Å²) in [6, 6.07) is 4.58. The summed E-state index contributed by atoms with van der Waals surface area (Å²) in [6.45, 7) is 0. The number of rotatable bonds is 2. The van der Waals surface area contributed by atoms with Gasteiger partial charge in [-0.3, -0.25) is 0 Å².